The third-order valence-corrected chi connectivity index (χ3v) is 2.79. The average Bonchev–Trinajstić information content (AvgIpc) is 2.64. The largest absolute Gasteiger partial charge is 0.388 e. The number of aliphatic hydroxyl groups is 1. The fourth-order valence-electron chi connectivity index (χ4n) is 1.41. The summed E-state index contributed by atoms with van der Waals surface area (Å²) in [4.78, 5) is 1.40. The normalized spacial score (nSPS) is 11.8. The van der Waals surface area contributed by atoms with Gasteiger partial charge in [0.1, 0.15) is 0 Å². The molecule has 0 unspecified atom stereocenters. The van der Waals surface area contributed by atoms with Crippen LogP contribution in [0.15, 0.2) is 28.7 Å². The summed E-state index contributed by atoms with van der Waals surface area (Å²) in [5.74, 6) is 0.543. The Morgan fingerprint density at radius 3 is 2.71 bits per heavy atom. The number of tetrazole rings is 1. The van der Waals surface area contributed by atoms with Crippen LogP contribution in [0.4, 0.5) is 0 Å². The highest BCUT2D eigenvalue weighted by Crippen LogP contribution is 2.24. The Labute approximate surface area is 108 Å². The molecule has 1 aromatic heterocycles. The second-order valence-corrected chi connectivity index (χ2v) is 5.29. The minimum absolute atomic E-state index is 0.310. The molecule has 0 saturated carbocycles. The zero-order valence-corrected chi connectivity index (χ0v) is 11.2. The van der Waals surface area contributed by atoms with Crippen molar-refractivity contribution in [1.82, 2.24) is 20.2 Å². The number of halogens is 1. The zero-order valence-electron chi connectivity index (χ0n) is 9.63. The summed E-state index contributed by atoms with van der Waals surface area (Å²) in [6, 6.07) is 7.67. The van der Waals surface area contributed by atoms with Gasteiger partial charge in [-0.3, -0.25) is 0 Å². The van der Waals surface area contributed by atoms with Gasteiger partial charge in [-0.25, -0.2) is 0 Å². The van der Waals surface area contributed by atoms with Crippen molar-refractivity contribution in [2.45, 2.75) is 26.0 Å². The molecule has 0 saturated heterocycles. The fourth-order valence-corrected chi connectivity index (χ4v) is 1.87. The Bertz CT molecular complexity index is 518. The van der Waals surface area contributed by atoms with Gasteiger partial charge in [0.05, 0.1) is 12.1 Å². The van der Waals surface area contributed by atoms with Crippen LogP contribution in [0.1, 0.15) is 13.8 Å². The summed E-state index contributed by atoms with van der Waals surface area (Å²) in [6.07, 6.45) is 0. The third-order valence-electron chi connectivity index (χ3n) is 2.10. The molecule has 1 N–H and O–H groups in total. The first-order valence-corrected chi connectivity index (χ1v) is 6.00. The van der Waals surface area contributed by atoms with Gasteiger partial charge < -0.3 is 5.11 Å². The van der Waals surface area contributed by atoms with Gasteiger partial charge in [0.2, 0.25) is 5.82 Å². The highest BCUT2D eigenvalue weighted by atomic mass is 79.9. The van der Waals surface area contributed by atoms with Crippen LogP contribution in [0.25, 0.3) is 11.4 Å². The molecule has 0 bridgehead atoms. The average molecular weight is 297 g/mol. The van der Waals surface area contributed by atoms with E-state index in [-0.39, 0.29) is 0 Å². The minimum atomic E-state index is -0.855. The van der Waals surface area contributed by atoms with Crippen LogP contribution < -0.4 is 0 Å². The van der Waals surface area contributed by atoms with Crippen molar-refractivity contribution in [2.75, 3.05) is 0 Å². The Balaban J connectivity index is 2.28. The maximum Gasteiger partial charge on any atom is 0.206 e. The number of aromatic nitrogens is 4. The molecule has 17 heavy (non-hydrogen) atoms. The van der Waals surface area contributed by atoms with E-state index in [1.165, 1.54) is 4.80 Å². The molecule has 0 fully saturated rings. The van der Waals surface area contributed by atoms with E-state index in [1.54, 1.807) is 13.8 Å². The van der Waals surface area contributed by atoms with Crippen molar-refractivity contribution in [3.63, 3.8) is 0 Å². The van der Waals surface area contributed by atoms with Crippen LogP contribution in [0.2, 0.25) is 0 Å². The molecule has 0 aliphatic heterocycles. The standard InChI is InChI=1S/C11H13BrN4O/c1-11(2,17)7-16-14-10(13-15-16)8-5-3-4-6-9(8)12/h3-6,17H,7H2,1-2H3. The van der Waals surface area contributed by atoms with Crippen molar-refractivity contribution in [3.8, 4) is 11.4 Å². The van der Waals surface area contributed by atoms with E-state index < -0.39 is 5.60 Å². The van der Waals surface area contributed by atoms with Gasteiger partial charge in [-0.15, -0.1) is 10.2 Å². The van der Waals surface area contributed by atoms with Crippen LogP contribution >= 0.6 is 15.9 Å². The SMILES string of the molecule is CC(C)(O)Cn1nnc(-c2ccccc2Br)n1. The van der Waals surface area contributed by atoms with Gasteiger partial charge in [-0.2, -0.15) is 4.80 Å². The van der Waals surface area contributed by atoms with Crippen LogP contribution in [0.5, 0.6) is 0 Å². The molecule has 0 aliphatic carbocycles. The lowest BCUT2D eigenvalue weighted by molar-refractivity contribution is 0.0526. The van der Waals surface area contributed by atoms with E-state index in [1.807, 2.05) is 24.3 Å². The van der Waals surface area contributed by atoms with E-state index >= 15 is 0 Å². The van der Waals surface area contributed by atoms with Crippen molar-refractivity contribution < 1.29 is 5.11 Å². The van der Waals surface area contributed by atoms with E-state index in [9.17, 15) is 5.11 Å². The number of benzene rings is 1. The fraction of sp³-hybridized carbons (Fsp3) is 0.364. The molecule has 1 aromatic carbocycles. The predicted molar refractivity (Wildman–Crippen MR) is 67.3 cm³/mol. The van der Waals surface area contributed by atoms with Gasteiger partial charge in [0.25, 0.3) is 0 Å². The van der Waals surface area contributed by atoms with Crippen LogP contribution in [0, 0.1) is 0 Å². The van der Waals surface area contributed by atoms with Gasteiger partial charge in [0, 0.05) is 10.0 Å². The molecule has 5 nitrogen and oxygen atoms in total. The maximum atomic E-state index is 9.67. The lowest BCUT2D eigenvalue weighted by Gasteiger charge is -2.14. The van der Waals surface area contributed by atoms with E-state index in [0.29, 0.717) is 12.4 Å². The monoisotopic (exact) mass is 296 g/mol. The quantitative estimate of drug-likeness (QED) is 0.939. The second-order valence-electron chi connectivity index (χ2n) is 4.44. The summed E-state index contributed by atoms with van der Waals surface area (Å²) in [5.41, 5.74) is 0.0285. The van der Waals surface area contributed by atoms with Crippen molar-refractivity contribution in [1.29, 1.82) is 0 Å². The Morgan fingerprint density at radius 2 is 2.06 bits per heavy atom. The highest BCUT2D eigenvalue weighted by molar-refractivity contribution is 9.10. The van der Waals surface area contributed by atoms with Gasteiger partial charge in [-0.1, -0.05) is 28.1 Å². The summed E-state index contributed by atoms with van der Waals surface area (Å²) >= 11 is 3.44. The Kier molecular flexibility index (Phi) is 3.26. The van der Waals surface area contributed by atoms with Crippen LogP contribution in [0.3, 0.4) is 0 Å². The molecule has 0 atom stereocenters. The molecule has 0 amide bonds. The molecule has 0 spiro atoms. The first-order chi connectivity index (χ1) is 7.96. The summed E-state index contributed by atoms with van der Waals surface area (Å²) in [6.45, 7) is 3.72. The number of hydrogen-bond acceptors (Lipinski definition) is 4. The lowest BCUT2D eigenvalue weighted by atomic mass is 10.1. The van der Waals surface area contributed by atoms with Crippen molar-refractivity contribution in [2.24, 2.45) is 0 Å². The lowest BCUT2D eigenvalue weighted by Crippen LogP contribution is -2.27. The van der Waals surface area contributed by atoms with Crippen LogP contribution in [-0.4, -0.2) is 30.9 Å². The topological polar surface area (TPSA) is 63.8 Å². The molecule has 1 heterocycles. The van der Waals surface area contributed by atoms with Gasteiger partial charge >= 0.3 is 0 Å². The molecule has 6 heteroatoms. The maximum absolute atomic E-state index is 9.67. The molecular formula is C11H13BrN4O. The molecule has 0 radical (unpaired) electrons. The third kappa shape index (κ3) is 3.10. The second kappa shape index (κ2) is 4.54. The van der Waals surface area contributed by atoms with Gasteiger partial charge in [0.15, 0.2) is 0 Å². The molecule has 2 aromatic rings. The molecule has 90 valence electrons. The highest BCUT2D eigenvalue weighted by Gasteiger charge is 2.16. The Hall–Kier alpha value is -1.27. The van der Waals surface area contributed by atoms with Crippen molar-refractivity contribution in [3.05, 3.63) is 28.7 Å². The molecule has 2 rings (SSSR count). The summed E-state index contributed by atoms with van der Waals surface area (Å²) < 4.78 is 0.919. The predicted octanol–water partition coefficient (Wildman–Crippen LogP) is 1.87. The number of nitrogens with zero attached hydrogens (tertiary/aromatic N) is 4. The zero-order chi connectivity index (χ0) is 12.5. The summed E-state index contributed by atoms with van der Waals surface area (Å²) in [7, 11) is 0. The van der Waals surface area contributed by atoms with E-state index in [0.717, 1.165) is 10.0 Å². The number of hydrogen-bond donors (Lipinski definition) is 1. The Morgan fingerprint density at radius 1 is 1.35 bits per heavy atom. The van der Waals surface area contributed by atoms with Crippen LogP contribution in [-0.2, 0) is 6.54 Å². The molecule has 0 aliphatic rings. The van der Waals surface area contributed by atoms with Crippen molar-refractivity contribution >= 4 is 15.9 Å². The first kappa shape index (κ1) is 12.2. The molecular weight excluding hydrogens is 284 g/mol. The van der Waals surface area contributed by atoms with Gasteiger partial charge in [-0.05, 0) is 31.2 Å². The van der Waals surface area contributed by atoms with E-state index in [4.69, 9.17) is 0 Å². The number of rotatable bonds is 3. The smallest absolute Gasteiger partial charge is 0.206 e. The first-order valence-electron chi connectivity index (χ1n) is 5.21. The minimum Gasteiger partial charge on any atom is -0.388 e. The van der Waals surface area contributed by atoms with E-state index in [2.05, 4.69) is 31.3 Å². The summed E-state index contributed by atoms with van der Waals surface area (Å²) in [5, 5.41) is 21.8.